The van der Waals surface area contributed by atoms with Crippen LogP contribution in [0.5, 0.6) is 0 Å². The first-order valence-electron chi connectivity index (χ1n) is 10.9. The number of benzene rings is 2. The highest BCUT2D eigenvalue weighted by Gasteiger charge is 2.25. The van der Waals surface area contributed by atoms with E-state index >= 15 is 0 Å². The van der Waals surface area contributed by atoms with Crippen molar-refractivity contribution in [3.8, 4) is 0 Å². The van der Waals surface area contributed by atoms with Crippen LogP contribution in [0.15, 0.2) is 64.4 Å². The minimum atomic E-state index is -0.825. The number of nitrogens with one attached hydrogen (secondary N) is 1. The van der Waals surface area contributed by atoms with E-state index in [4.69, 9.17) is 0 Å². The zero-order valence-corrected chi connectivity index (χ0v) is 18.4. The van der Waals surface area contributed by atoms with Gasteiger partial charge < -0.3 is 9.80 Å². The molecular formula is C24H20F2N6O3. The molecule has 9 nitrogen and oxygen atoms in total. The zero-order valence-electron chi connectivity index (χ0n) is 18.4. The first-order valence-corrected chi connectivity index (χ1v) is 10.9. The van der Waals surface area contributed by atoms with Gasteiger partial charge in [0.15, 0.2) is 0 Å². The van der Waals surface area contributed by atoms with Crippen LogP contribution in [0.4, 0.5) is 14.7 Å². The average molecular weight is 478 g/mol. The molecule has 1 aliphatic rings. The molecule has 1 aliphatic heterocycles. The largest absolute Gasteiger partial charge is 0.337 e. The molecule has 11 heteroatoms. The Labute approximate surface area is 197 Å². The van der Waals surface area contributed by atoms with Gasteiger partial charge in [0.1, 0.15) is 11.6 Å². The minimum absolute atomic E-state index is 0.0880. The number of piperazine rings is 1. The molecule has 3 heterocycles. The lowest BCUT2D eigenvalue weighted by Crippen LogP contribution is -2.49. The molecular weight excluding hydrogens is 458 g/mol. The molecule has 178 valence electrons. The summed E-state index contributed by atoms with van der Waals surface area (Å²) in [5.41, 5.74) is -1.13. The highest BCUT2D eigenvalue weighted by atomic mass is 19.1. The number of nitrogens with zero attached hydrogens (tertiary/aromatic N) is 5. The smallest absolute Gasteiger partial charge is 0.329 e. The molecule has 4 aromatic rings. The maximum Gasteiger partial charge on any atom is 0.329 e. The van der Waals surface area contributed by atoms with Gasteiger partial charge in [0.05, 0.1) is 23.0 Å². The third kappa shape index (κ3) is 4.27. The molecule has 1 amide bonds. The number of carbonyl (C=O) groups is 1. The summed E-state index contributed by atoms with van der Waals surface area (Å²) >= 11 is 0. The number of H-pyrrole nitrogens is 1. The number of halogens is 2. The Morgan fingerprint density at radius 1 is 0.943 bits per heavy atom. The van der Waals surface area contributed by atoms with Crippen LogP contribution >= 0.6 is 0 Å². The summed E-state index contributed by atoms with van der Waals surface area (Å²) in [7, 11) is 0. The van der Waals surface area contributed by atoms with Crippen molar-refractivity contribution in [2.45, 2.75) is 6.54 Å². The maximum absolute atomic E-state index is 14.7. The van der Waals surface area contributed by atoms with Crippen LogP contribution in [0.3, 0.4) is 0 Å². The first kappa shape index (κ1) is 22.4. The Kier molecular flexibility index (Phi) is 5.81. The van der Waals surface area contributed by atoms with Crippen molar-refractivity contribution in [2.24, 2.45) is 0 Å². The molecule has 0 aliphatic carbocycles. The van der Waals surface area contributed by atoms with Gasteiger partial charge in [0, 0.05) is 38.6 Å². The lowest BCUT2D eigenvalue weighted by atomic mass is 10.1. The van der Waals surface area contributed by atoms with E-state index in [-0.39, 0.29) is 23.0 Å². The van der Waals surface area contributed by atoms with Crippen molar-refractivity contribution in [1.82, 2.24) is 24.4 Å². The number of fused-ring (bicyclic) bond motifs is 1. The standard InChI is InChI=1S/C24H20F2N6O3/c25-17-6-5-15(14-32-19-4-1-3-18(26)20(19)21(33)29-24(32)35)13-16(17)22(34)30-9-11-31(12-10-30)23-27-7-2-8-28-23/h1-8,13H,9-12,14H2,(H,29,33,35). The number of anilines is 1. The molecule has 2 aromatic heterocycles. The molecule has 35 heavy (non-hydrogen) atoms. The Balaban J connectivity index is 1.40. The molecule has 0 atom stereocenters. The van der Waals surface area contributed by atoms with Gasteiger partial charge in [-0.1, -0.05) is 12.1 Å². The minimum Gasteiger partial charge on any atom is -0.337 e. The summed E-state index contributed by atoms with van der Waals surface area (Å²) < 4.78 is 30.0. The molecule has 0 spiro atoms. The van der Waals surface area contributed by atoms with Gasteiger partial charge in [-0.25, -0.2) is 23.5 Å². The number of hydrogen-bond acceptors (Lipinski definition) is 6. The lowest BCUT2D eigenvalue weighted by molar-refractivity contribution is 0.0741. The van der Waals surface area contributed by atoms with E-state index in [1.807, 2.05) is 4.90 Å². The second-order valence-corrected chi connectivity index (χ2v) is 8.12. The molecule has 2 aromatic carbocycles. The number of rotatable bonds is 4. The lowest BCUT2D eigenvalue weighted by Gasteiger charge is -2.34. The molecule has 0 bridgehead atoms. The molecule has 0 radical (unpaired) electrons. The number of aromatic nitrogens is 4. The SMILES string of the molecule is O=C(c1cc(Cn2c(=O)[nH]c(=O)c3c(F)cccc32)ccc1F)N1CCN(c2ncccn2)CC1. The molecule has 1 N–H and O–H groups in total. The van der Waals surface area contributed by atoms with Gasteiger partial charge in [-0.3, -0.25) is 19.1 Å². The zero-order chi connectivity index (χ0) is 24.5. The van der Waals surface area contributed by atoms with Crippen LogP contribution in [0.2, 0.25) is 0 Å². The van der Waals surface area contributed by atoms with Crippen LogP contribution in [0, 0.1) is 11.6 Å². The number of amides is 1. The topological polar surface area (TPSA) is 104 Å². The van der Waals surface area contributed by atoms with Crippen LogP contribution in [0.25, 0.3) is 10.9 Å². The third-order valence-electron chi connectivity index (χ3n) is 5.98. The second kappa shape index (κ2) is 9.09. The monoisotopic (exact) mass is 478 g/mol. The van der Waals surface area contributed by atoms with Gasteiger partial charge in [-0.2, -0.15) is 0 Å². The van der Waals surface area contributed by atoms with Crippen molar-refractivity contribution < 1.29 is 13.6 Å². The summed E-state index contributed by atoms with van der Waals surface area (Å²) in [5.74, 6) is -1.34. The van der Waals surface area contributed by atoms with Crippen molar-refractivity contribution in [2.75, 3.05) is 31.1 Å². The summed E-state index contributed by atoms with van der Waals surface area (Å²) in [4.78, 5) is 51.7. The van der Waals surface area contributed by atoms with E-state index in [9.17, 15) is 23.2 Å². The van der Waals surface area contributed by atoms with E-state index in [0.717, 1.165) is 12.1 Å². The van der Waals surface area contributed by atoms with Crippen LogP contribution in [-0.2, 0) is 6.54 Å². The summed E-state index contributed by atoms with van der Waals surface area (Å²) in [6.07, 6.45) is 3.29. The van der Waals surface area contributed by atoms with E-state index in [1.54, 1.807) is 23.4 Å². The van der Waals surface area contributed by atoms with Crippen LogP contribution in [-0.4, -0.2) is 56.5 Å². The normalized spacial score (nSPS) is 13.9. The Bertz CT molecular complexity index is 1530. The van der Waals surface area contributed by atoms with Gasteiger partial charge in [0.2, 0.25) is 5.95 Å². The molecule has 1 saturated heterocycles. The van der Waals surface area contributed by atoms with Gasteiger partial charge in [-0.05, 0) is 35.9 Å². The fourth-order valence-corrected chi connectivity index (χ4v) is 4.21. The maximum atomic E-state index is 14.7. The summed E-state index contributed by atoms with van der Waals surface area (Å²) in [6, 6.07) is 9.69. The predicted molar refractivity (Wildman–Crippen MR) is 124 cm³/mol. The third-order valence-corrected chi connectivity index (χ3v) is 5.98. The van der Waals surface area contributed by atoms with E-state index in [2.05, 4.69) is 15.0 Å². The Hall–Kier alpha value is -4.41. The highest BCUT2D eigenvalue weighted by molar-refractivity contribution is 5.95. The molecule has 0 unspecified atom stereocenters. The summed E-state index contributed by atoms with van der Waals surface area (Å²) in [6.45, 7) is 1.64. The quantitative estimate of drug-likeness (QED) is 0.480. The van der Waals surface area contributed by atoms with Gasteiger partial charge in [0.25, 0.3) is 11.5 Å². The highest BCUT2D eigenvalue weighted by Crippen LogP contribution is 2.18. The van der Waals surface area contributed by atoms with Crippen molar-refractivity contribution >= 4 is 22.8 Å². The second-order valence-electron chi connectivity index (χ2n) is 8.12. The van der Waals surface area contributed by atoms with Gasteiger partial charge >= 0.3 is 5.69 Å². The van der Waals surface area contributed by atoms with Crippen molar-refractivity contribution in [3.63, 3.8) is 0 Å². The fourth-order valence-electron chi connectivity index (χ4n) is 4.21. The number of aromatic amines is 1. The van der Waals surface area contributed by atoms with E-state index in [0.29, 0.717) is 37.7 Å². The van der Waals surface area contributed by atoms with Crippen molar-refractivity contribution in [1.29, 1.82) is 0 Å². The number of hydrogen-bond donors (Lipinski definition) is 1. The Morgan fingerprint density at radius 2 is 1.69 bits per heavy atom. The number of carbonyl (C=O) groups excluding carboxylic acids is 1. The van der Waals surface area contributed by atoms with Crippen LogP contribution < -0.4 is 16.1 Å². The Morgan fingerprint density at radius 3 is 2.43 bits per heavy atom. The fraction of sp³-hybridized carbons (Fsp3) is 0.208. The molecule has 1 fully saturated rings. The van der Waals surface area contributed by atoms with E-state index < -0.39 is 28.8 Å². The first-order chi connectivity index (χ1) is 16.9. The average Bonchev–Trinajstić information content (AvgIpc) is 2.87. The molecule has 5 rings (SSSR count). The summed E-state index contributed by atoms with van der Waals surface area (Å²) in [5, 5.41) is -0.245. The van der Waals surface area contributed by atoms with Gasteiger partial charge in [-0.15, -0.1) is 0 Å². The van der Waals surface area contributed by atoms with Crippen molar-refractivity contribution in [3.05, 3.63) is 98.5 Å². The molecule has 0 saturated carbocycles. The van der Waals surface area contributed by atoms with E-state index in [1.165, 1.54) is 28.8 Å². The van der Waals surface area contributed by atoms with Crippen LogP contribution in [0.1, 0.15) is 15.9 Å². The predicted octanol–water partition coefficient (Wildman–Crippen LogP) is 1.77.